The van der Waals surface area contributed by atoms with Crippen molar-refractivity contribution < 1.29 is 38.9 Å². The molecule has 3 aromatic rings. The lowest BCUT2D eigenvalue weighted by atomic mass is 10.1. The number of aliphatic carboxylic acids is 1. The standard InChI is InChI=1S/C29H31N3O8/c1-18(32(26(34)28(37)38)24-16-7-6-14-22(24)27(35)36)10-9-17-31(29(39)40-3)19(2)25(33)30-23-15-8-12-20-11-4-5-13-21(20)23/h4-8,11-16,18-19H,9-10,17H2,1-3H3,(H,30,33)(H,35,36)(H,37,38)/t18?,19-/m0/s1. The third kappa shape index (κ3) is 6.73. The van der Waals surface area contributed by atoms with Crippen LogP contribution in [0, 0.1) is 0 Å². The van der Waals surface area contributed by atoms with Crippen LogP contribution >= 0.6 is 0 Å². The highest BCUT2D eigenvalue weighted by Gasteiger charge is 2.31. The zero-order valence-electron chi connectivity index (χ0n) is 22.4. The maximum absolute atomic E-state index is 13.1. The Labute approximate surface area is 230 Å². The molecule has 40 heavy (non-hydrogen) atoms. The molecule has 0 aliphatic carbocycles. The highest BCUT2D eigenvalue weighted by atomic mass is 16.5. The number of anilines is 2. The molecule has 0 radical (unpaired) electrons. The van der Waals surface area contributed by atoms with E-state index in [9.17, 15) is 34.2 Å². The van der Waals surface area contributed by atoms with E-state index in [0.717, 1.165) is 15.7 Å². The molecule has 0 spiro atoms. The van der Waals surface area contributed by atoms with Crippen molar-refractivity contribution in [2.75, 3.05) is 23.9 Å². The van der Waals surface area contributed by atoms with E-state index in [1.54, 1.807) is 19.9 Å². The lowest BCUT2D eigenvalue weighted by Crippen LogP contribution is -2.47. The minimum atomic E-state index is -1.73. The van der Waals surface area contributed by atoms with Crippen LogP contribution in [0.15, 0.2) is 66.7 Å². The van der Waals surface area contributed by atoms with Gasteiger partial charge in [0.2, 0.25) is 5.91 Å². The number of amides is 3. The molecular formula is C29H31N3O8. The average molecular weight is 550 g/mol. The molecule has 0 aliphatic heterocycles. The number of nitrogens with one attached hydrogen (secondary N) is 1. The number of carbonyl (C=O) groups is 5. The number of hydrogen-bond donors (Lipinski definition) is 3. The molecule has 210 valence electrons. The number of carboxylic acids is 2. The summed E-state index contributed by atoms with van der Waals surface area (Å²) in [5, 5.41) is 23.6. The van der Waals surface area contributed by atoms with Crippen LogP contribution in [-0.4, -0.2) is 70.7 Å². The number of rotatable bonds is 10. The number of fused-ring (bicyclic) bond motifs is 1. The average Bonchev–Trinajstić information content (AvgIpc) is 2.95. The number of para-hydroxylation sites is 1. The van der Waals surface area contributed by atoms with E-state index >= 15 is 0 Å². The zero-order valence-corrected chi connectivity index (χ0v) is 22.4. The first-order valence-electron chi connectivity index (χ1n) is 12.6. The maximum atomic E-state index is 13.1. The maximum Gasteiger partial charge on any atom is 0.410 e. The highest BCUT2D eigenvalue weighted by Crippen LogP contribution is 2.26. The molecule has 3 aromatic carbocycles. The van der Waals surface area contributed by atoms with Crippen LogP contribution in [0.1, 0.15) is 37.0 Å². The van der Waals surface area contributed by atoms with Crippen LogP contribution in [0.25, 0.3) is 10.8 Å². The van der Waals surface area contributed by atoms with Crippen LogP contribution in [0.5, 0.6) is 0 Å². The monoisotopic (exact) mass is 549 g/mol. The highest BCUT2D eigenvalue weighted by molar-refractivity contribution is 6.37. The normalized spacial score (nSPS) is 12.2. The lowest BCUT2D eigenvalue weighted by Gasteiger charge is -2.31. The fourth-order valence-corrected chi connectivity index (χ4v) is 4.47. The van der Waals surface area contributed by atoms with E-state index in [1.165, 1.54) is 36.3 Å². The van der Waals surface area contributed by atoms with Gasteiger partial charge in [-0.3, -0.25) is 19.4 Å². The number of nitrogens with zero attached hydrogens (tertiary/aromatic N) is 2. The van der Waals surface area contributed by atoms with Gasteiger partial charge in [0.1, 0.15) is 6.04 Å². The van der Waals surface area contributed by atoms with Crippen LogP contribution < -0.4 is 10.2 Å². The summed E-state index contributed by atoms with van der Waals surface area (Å²) in [7, 11) is 1.20. The fraction of sp³-hybridized carbons (Fsp3) is 0.276. The first kappa shape index (κ1) is 29.6. The SMILES string of the molecule is COC(=O)N(CCCC(C)N(C(=O)C(=O)O)c1ccccc1C(=O)O)[C@@H](C)C(=O)Nc1cccc2ccccc12. The van der Waals surface area contributed by atoms with Crippen molar-refractivity contribution in [2.24, 2.45) is 0 Å². The number of ether oxygens (including phenoxy) is 1. The second kappa shape index (κ2) is 13.2. The summed E-state index contributed by atoms with van der Waals surface area (Å²) in [5.41, 5.74) is 0.315. The quantitative estimate of drug-likeness (QED) is 0.318. The van der Waals surface area contributed by atoms with Gasteiger partial charge in [-0.25, -0.2) is 14.4 Å². The van der Waals surface area contributed by atoms with Crippen molar-refractivity contribution in [3.05, 3.63) is 72.3 Å². The third-order valence-corrected chi connectivity index (χ3v) is 6.56. The molecule has 0 fully saturated rings. The number of carbonyl (C=O) groups excluding carboxylic acids is 3. The van der Waals surface area contributed by atoms with Crippen LogP contribution in [-0.2, 0) is 19.1 Å². The smallest absolute Gasteiger partial charge is 0.410 e. The van der Waals surface area contributed by atoms with Crippen molar-refractivity contribution in [3.63, 3.8) is 0 Å². The molecule has 0 saturated heterocycles. The number of hydrogen-bond acceptors (Lipinski definition) is 6. The van der Waals surface area contributed by atoms with Gasteiger partial charge in [-0.1, -0.05) is 48.5 Å². The largest absolute Gasteiger partial charge is 0.478 e. The van der Waals surface area contributed by atoms with Gasteiger partial charge in [0, 0.05) is 23.7 Å². The van der Waals surface area contributed by atoms with Crippen LogP contribution in [0.2, 0.25) is 0 Å². The van der Waals surface area contributed by atoms with Gasteiger partial charge in [-0.05, 0) is 50.3 Å². The van der Waals surface area contributed by atoms with Gasteiger partial charge < -0.3 is 20.3 Å². The fourth-order valence-electron chi connectivity index (χ4n) is 4.47. The zero-order chi connectivity index (χ0) is 29.4. The molecule has 3 rings (SSSR count). The minimum absolute atomic E-state index is 0.0524. The molecule has 2 atom stereocenters. The van der Waals surface area contributed by atoms with Gasteiger partial charge in [-0.2, -0.15) is 0 Å². The molecule has 11 nitrogen and oxygen atoms in total. The van der Waals surface area contributed by atoms with Gasteiger partial charge in [0.15, 0.2) is 0 Å². The Kier molecular flexibility index (Phi) is 9.80. The minimum Gasteiger partial charge on any atom is -0.478 e. The Morgan fingerprint density at radius 3 is 2.23 bits per heavy atom. The lowest BCUT2D eigenvalue weighted by molar-refractivity contribution is -0.149. The number of benzene rings is 3. The molecule has 0 aliphatic rings. The molecule has 3 amide bonds. The summed E-state index contributed by atoms with van der Waals surface area (Å²) in [6.45, 7) is 3.19. The third-order valence-electron chi connectivity index (χ3n) is 6.56. The molecule has 0 saturated carbocycles. The van der Waals surface area contributed by atoms with E-state index in [-0.39, 0.29) is 30.6 Å². The van der Waals surface area contributed by atoms with Crippen LogP contribution in [0.3, 0.4) is 0 Å². The molecule has 0 bridgehead atoms. The van der Waals surface area contributed by atoms with E-state index in [4.69, 9.17) is 4.74 Å². The van der Waals surface area contributed by atoms with Gasteiger partial charge >= 0.3 is 23.9 Å². The first-order valence-corrected chi connectivity index (χ1v) is 12.6. The predicted octanol–water partition coefficient (Wildman–Crippen LogP) is 4.22. The summed E-state index contributed by atoms with van der Waals surface area (Å²) in [4.78, 5) is 63.7. The second-order valence-electron chi connectivity index (χ2n) is 9.15. The van der Waals surface area contributed by atoms with Crippen molar-refractivity contribution >= 4 is 52.0 Å². The Balaban J connectivity index is 1.75. The van der Waals surface area contributed by atoms with Gasteiger partial charge in [-0.15, -0.1) is 0 Å². The van der Waals surface area contributed by atoms with Gasteiger partial charge in [0.05, 0.1) is 18.4 Å². The first-order chi connectivity index (χ1) is 19.1. The van der Waals surface area contributed by atoms with Gasteiger partial charge in [0.25, 0.3) is 0 Å². The molecule has 0 aromatic heterocycles. The summed E-state index contributed by atoms with van der Waals surface area (Å²) in [5.74, 6) is -4.77. The Morgan fingerprint density at radius 1 is 0.900 bits per heavy atom. The summed E-state index contributed by atoms with van der Waals surface area (Å²) in [6, 6.07) is 17.0. The molecule has 3 N–H and O–H groups in total. The number of carboxylic acid groups (broad SMARTS) is 2. The number of methoxy groups -OCH3 is 1. The van der Waals surface area contributed by atoms with E-state index in [0.29, 0.717) is 5.69 Å². The van der Waals surface area contributed by atoms with Crippen molar-refractivity contribution in [2.45, 2.75) is 38.8 Å². The Bertz CT molecular complexity index is 1420. The van der Waals surface area contributed by atoms with Crippen molar-refractivity contribution in [1.82, 2.24) is 4.90 Å². The summed E-state index contributed by atoms with van der Waals surface area (Å²) < 4.78 is 4.89. The molecular weight excluding hydrogens is 518 g/mol. The summed E-state index contributed by atoms with van der Waals surface area (Å²) in [6.07, 6.45) is -0.290. The molecule has 0 heterocycles. The predicted molar refractivity (Wildman–Crippen MR) is 148 cm³/mol. The molecule has 11 heteroatoms. The van der Waals surface area contributed by atoms with E-state index in [1.807, 2.05) is 36.4 Å². The topological polar surface area (TPSA) is 154 Å². The second-order valence-corrected chi connectivity index (χ2v) is 9.15. The van der Waals surface area contributed by atoms with Crippen molar-refractivity contribution in [3.8, 4) is 0 Å². The van der Waals surface area contributed by atoms with E-state index < -0.39 is 41.9 Å². The Morgan fingerprint density at radius 2 is 1.55 bits per heavy atom. The Hall–Kier alpha value is -4.93. The molecule has 1 unspecified atom stereocenters. The van der Waals surface area contributed by atoms with Crippen LogP contribution in [0.4, 0.5) is 16.2 Å². The van der Waals surface area contributed by atoms with E-state index in [2.05, 4.69) is 5.32 Å². The summed E-state index contributed by atoms with van der Waals surface area (Å²) >= 11 is 0. The van der Waals surface area contributed by atoms with Crippen molar-refractivity contribution in [1.29, 1.82) is 0 Å². The number of aromatic carboxylic acids is 1.